The fraction of sp³-hybridized carbons (Fsp3) is 0.714. The van der Waals surface area contributed by atoms with Crippen LogP contribution in [0.2, 0.25) is 0 Å². The second kappa shape index (κ2) is 6.70. The molecule has 0 aliphatic carbocycles. The van der Waals surface area contributed by atoms with E-state index in [0.717, 1.165) is 44.2 Å². The van der Waals surface area contributed by atoms with Crippen LogP contribution in [0.3, 0.4) is 0 Å². The first-order chi connectivity index (χ1) is 9.22. The molecule has 0 aromatic carbocycles. The first kappa shape index (κ1) is 14.1. The number of anilines is 2. The normalized spacial score (nSPS) is 18.6. The smallest absolute Gasteiger partial charge is 0.224 e. The molecule has 0 spiro atoms. The molecule has 0 radical (unpaired) electrons. The minimum Gasteiger partial charge on any atom is -0.376 e. The summed E-state index contributed by atoms with van der Waals surface area (Å²) in [6, 6.07) is 2.04. The Morgan fingerprint density at radius 3 is 2.89 bits per heavy atom. The molecule has 1 aromatic rings. The highest BCUT2D eigenvalue weighted by molar-refractivity contribution is 5.44. The zero-order chi connectivity index (χ0) is 13.7. The molecular formula is C14H24N4O. The van der Waals surface area contributed by atoms with Gasteiger partial charge in [0, 0.05) is 38.0 Å². The van der Waals surface area contributed by atoms with Gasteiger partial charge in [-0.3, -0.25) is 0 Å². The van der Waals surface area contributed by atoms with Crippen LogP contribution in [0, 0.1) is 6.92 Å². The van der Waals surface area contributed by atoms with E-state index in [0.29, 0.717) is 12.1 Å². The van der Waals surface area contributed by atoms with Crippen LogP contribution in [0.25, 0.3) is 0 Å². The Morgan fingerprint density at radius 1 is 1.42 bits per heavy atom. The molecule has 2 rings (SSSR count). The maximum absolute atomic E-state index is 5.71. The third-order valence-electron chi connectivity index (χ3n) is 3.33. The van der Waals surface area contributed by atoms with Gasteiger partial charge in [-0.15, -0.1) is 0 Å². The largest absolute Gasteiger partial charge is 0.376 e. The SMILES string of the molecule is CCNc1nc(C)cc(N(CC)CC2CCCO2)n1. The van der Waals surface area contributed by atoms with Gasteiger partial charge in [0.25, 0.3) is 0 Å². The van der Waals surface area contributed by atoms with Gasteiger partial charge in [0.2, 0.25) is 5.95 Å². The predicted octanol–water partition coefficient (Wildman–Crippen LogP) is 2.22. The van der Waals surface area contributed by atoms with Crippen molar-refractivity contribution in [3.63, 3.8) is 0 Å². The summed E-state index contributed by atoms with van der Waals surface area (Å²) in [6.45, 7) is 9.79. The molecule has 1 aliphatic rings. The fourth-order valence-electron chi connectivity index (χ4n) is 2.37. The lowest BCUT2D eigenvalue weighted by atomic mass is 10.2. The highest BCUT2D eigenvalue weighted by Crippen LogP contribution is 2.19. The first-order valence-corrected chi connectivity index (χ1v) is 7.19. The Morgan fingerprint density at radius 2 is 2.26 bits per heavy atom. The molecule has 1 unspecified atom stereocenters. The average Bonchev–Trinajstić information content (AvgIpc) is 2.88. The van der Waals surface area contributed by atoms with Gasteiger partial charge < -0.3 is 15.0 Å². The Labute approximate surface area is 115 Å². The third-order valence-corrected chi connectivity index (χ3v) is 3.33. The molecule has 19 heavy (non-hydrogen) atoms. The standard InChI is InChI=1S/C14H24N4O/c1-4-15-14-16-11(3)9-13(17-14)18(5-2)10-12-7-6-8-19-12/h9,12H,4-8,10H2,1-3H3,(H,15,16,17). The minimum absolute atomic E-state index is 0.345. The van der Waals surface area contributed by atoms with Gasteiger partial charge in [-0.1, -0.05) is 0 Å². The van der Waals surface area contributed by atoms with Crippen molar-refractivity contribution < 1.29 is 4.74 Å². The summed E-state index contributed by atoms with van der Waals surface area (Å²) < 4.78 is 5.71. The Balaban J connectivity index is 2.11. The molecule has 1 fully saturated rings. The van der Waals surface area contributed by atoms with Crippen molar-refractivity contribution in [3.05, 3.63) is 11.8 Å². The van der Waals surface area contributed by atoms with Crippen molar-refractivity contribution in [1.82, 2.24) is 9.97 Å². The Kier molecular flexibility index (Phi) is 4.96. The summed E-state index contributed by atoms with van der Waals surface area (Å²) in [5.74, 6) is 1.70. The van der Waals surface area contributed by atoms with E-state index in [4.69, 9.17) is 4.74 Å². The number of nitrogens with zero attached hydrogens (tertiary/aromatic N) is 3. The summed E-state index contributed by atoms with van der Waals surface area (Å²) >= 11 is 0. The topological polar surface area (TPSA) is 50.3 Å². The molecule has 0 bridgehead atoms. The summed E-state index contributed by atoms with van der Waals surface area (Å²) in [6.07, 6.45) is 2.67. The second-order valence-electron chi connectivity index (χ2n) is 4.90. The Hall–Kier alpha value is -1.36. The first-order valence-electron chi connectivity index (χ1n) is 7.19. The van der Waals surface area contributed by atoms with Gasteiger partial charge in [-0.2, -0.15) is 4.98 Å². The summed E-state index contributed by atoms with van der Waals surface area (Å²) in [7, 11) is 0. The van der Waals surface area contributed by atoms with Crippen LogP contribution in [0.1, 0.15) is 32.4 Å². The van der Waals surface area contributed by atoms with Crippen LogP contribution in [-0.2, 0) is 4.74 Å². The van der Waals surface area contributed by atoms with Gasteiger partial charge in [0.05, 0.1) is 6.10 Å². The summed E-state index contributed by atoms with van der Waals surface area (Å²) in [4.78, 5) is 11.2. The summed E-state index contributed by atoms with van der Waals surface area (Å²) in [5.41, 5.74) is 0.992. The number of aryl methyl sites for hydroxylation is 1. The van der Waals surface area contributed by atoms with Crippen LogP contribution in [0.5, 0.6) is 0 Å². The molecule has 106 valence electrons. The maximum atomic E-state index is 5.71. The maximum Gasteiger partial charge on any atom is 0.224 e. The van der Waals surface area contributed by atoms with Gasteiger partial charge >= 0.3 is 0 Å². The molecule has 0 amide bonds. The fourth-order valence-corrected chi connectivity index (χ4v) is 2.37. The minimum atomic E-state index is 0.345. The highest BCUT2D eigenvalue weighted by Gasteiger charge is 2.19. The lowest BCUT2D eigenvalue weighted by Crippen LogP contribution is -2.33. The van der Waals surface area contributed by atoms with Crippen molar-refractivity contribution in [3.8, 4) is 0 Å². The van der Waals surface area contributed by atoms with Crippen molar-refractivity contribution in [2.75, 3.05) is 36.5 Å². The molecule has 1 atom stereocenters. The average molecular weight is 264 g/mol. The van der Waals surface area contributed by atoms with E-state index in [9.17, 15) is 0 Å². The van der Waals surface area contributed by atoms with E-state index in [1.54, 1.807) is 0 Å². The van der Waals surface area contributed by atoms with E-state index in [1.165, 1.54) is 6.42 Å². The molecule has 1 saturated heterocycles. The number of ether oxygens (including phenoxy) is 1. The Bertz CT molecular complexity index is 404. The molecule has 1 aromatic heterocycles. The van der Waals surface area contributed by atoms with Gasteiger partial charge in [-0.25, -0.2) is 4.98 Å². The number of nitrogens with one attached hydrogen (secondary N) is 1. The molecule has 5 heteroatoms. The van der Waals surface area contributed by atoms with Gasteiger partial charge in [0.15, 0.2) is 0 Å². The van der Waals surface area contributed by atoms with E-state index in [-0.39, 0.29) is 0 Å². The predicted molar refractivity (Wildman–Crippen MR) is 77.8 cm³/mol. The zero-order valence-corrected chi connectivity index (χ0v) is 12.1. The van der Waals surface area contributed by atoms with E-state index >= 15 is 0 Å². The van der Waals surface area contributed by atoms with Crippen molar-refractivity contribution in [1.29, 1.82) is 0 Å². The molecule has 0 saturated carbocycles. The van der Waals surface area contributed by atoms with Crippen LogP contribution >= 0.6 is 0 Å². The van der Waals surface area contributed by atoms with Gasteiger partial charge in [-0.05, 0) is 33.6 Å². The van der Waals surface area contributed by atoms with E-state index in [1.807, 2.05) is 13.0 Å². The third kappa shape index (κ3) is 3.80. The van der Waals surface area contributed by atoms with Crippen molar-refractivity contribution in [2.45, 2.75) is 39.7 Å². The van der Waals surface area contributed by atoms with E-state index in [2.05, 4.69) is 34.0 Å². The second-order valence-corrected chi connectivity index (χ2v) is 4.90. The quantitative estimate of drug-likeness (QED) is 0.854. The molecular weight excluding hydrogens is 240 g/mol. The monoisotopic (exact) mass is 264 g/mol. The van der Waals surface area contributed by atoms with Crippen LogP contribution in [0.4, 0.5) is 11.8 Å². The lowest BCUT2D eigenvalue weighted by Gasteiger charge is -2.25. The number of aromatic nitrogens is 2. The van der Waals surface area contributed by atoms with Crippen LogP contribution < -0.4 is 10.2 Å². The van der Waals surface area contributed by atoms with Crippen molar-refractivity contribution in [2.24, 2.45) is 0 Å². The number of rotatable bonds is 6. The number of hydrogen-bond acceptors (Lipinski definition) is 5. The lowest BCUT2D eigenvalue weighted by molar-refractivity contribution is 0.115. The van der Waals surface area contributed by atoms with Crippen molar-refractivity contribution >= 4 is 11.8 Å². The highest BCUT2D eigenvalue weighted by atomic mass is 16.5. The van der Waals surface area contributed by atoms with Crippen LogP contribution in [0.15, 0.2) is 6.07 Å². The van der Waals surface area contributed by atoms with Crippen LogP contribution in [-0.4, -0.2) is 42.3 Å². The van der Waals surface area contributed by atoms with Gasteiger partial charge in [0.1, 0.15) is 5.82 Å². The number of likely N-dealkylation sites (N-methyl/N-ethyl adjacent to an activating group) is 1. The molecule has 5 nitrogen and oxygen atoms in total. The molecule has 1 aliphatic heterocycles. The number of hydrogen-bond donors (Lipinski definition) is 1. The van der Waals surface area contributed by atoms with E-state index < -0.39 is 0 Å². The summed E-state index contributed by atoms with van der Waals surface area (Å²) in [5, 5.41) is 3.18. The zero-order valence-electron chi connectivity index (χ0n) is 12.1. The molecule has 2 heterocycles. The molecule has 1 N–H and O–H groups in total.